The minimum Gasteiger partial charge on any atom is -0.506 e. The normalized spacial score (nSPS) is 10.9. The monoisotopic (exact) mass is 387 g/mol. The number of hydrogen-bond acceptors (Lipinski definition) is 3. The molecule has 2 rings (SSSR count). The van der Waals surface area contributed by atoms with Crippen molar-refractivity contribution in [2.45, 2.75) is 13.0 Å². The van der Waals surface area contributed by atoms with Gasteiger partial charge in [-0.1, -0.05) is 0 Å². The number of aromatic hydroxyl groups is 1. The molecule has 2 N–H and O–H groups in total. The Balaban J connectivity index is 1.83. The fourth-order valence-electron chi connectivity index (χ4n) is 1.77. The summed E-state index contributed by atoms with van der Waals surface area (Å²) in [6, 6.07) is 5.84. The van der Waals surface area contributed by atoms with Gasteiger partial charge in [0, 0.05) is 32.8 Å². The maximum absolute atomic E-state index is 9.63. The van der Waals surface area contributed by atoms with Gasteiger partial charge in [0.05, 0.1) is 14.6 Å². The lowest BCUT2D eigenvalue weighted by atomic mass is 10.2. The molecule has 6 heteroatoms. The Bertz CT molecular complexity index is 546. The van der Waals surface area contributed by atoms with Gasteiger partial charge in [0.2, 0.25) is 0 Å². The van der Waals surface area contributed by atoms with Crippen molar-refractivity contribution >= 4 is 31.9 Å². The van der Waals surface area contributed by atoms with Crippen LogP contribution in [-0.4, -0.2) is 21.4 Å². The Morgan fingerprint density at radius 2 is 2.00 bits per heavy atom. The number of aryl methyl sites for hydroxylation is 1. The number of benzene rings is 1. The van der Waals surface area contributed by atoms with Crippen LogP contribution in [0.2, 0.25) is 0 Å². The zero-order chi connectivity index (χ0) is 13.8. The van der Waals surface area contributed by atoms with Crippen molar-refractivity contribution in [3.63, 3.8) is 0 Å². The minimum atomic E-state index is 0.234. The van der Waals surface area contributed by atoms with Crippen molar-refractivity contribution in [3.8, 4) is 5.75 Å². The van der Waals surface area contributed by atoms with Gasteiger partial charge >= 0.3 is 0 Å². The summed E-state index contributed by atoms with van der Waals surface area (Å²) in [5.41, 5.74) is 2.20. The highest BCUT2D eigenvalue weighted by atomic mass is 79.9. The highest BCUT2D eigenvalue weighted by molar-refractivity contribution is 9.11. The van der Waals surface area contributed by atoms with E-state index in [1.165, 1.54) is 0 Å². The predicted molar refractivity (Wildman–Crippen MR) is 82.1 cm³/mol. The first kappa shape index (κ1) is 14.6. The molecule has 0 radical (unpaired) electrons. The quantitative estimate of drug-likeness (QED) is 0.774. The fourth-order valence-corrected chi connectivity index (χ4v) is 3.05. The molecule has 0 aliphatic carbocycles. The first-order chi connectivity index (χ1) is 9.06. The fraction of sp³-hybridized carbons (Fsp3) is 0.308. The van der Waals surface area contributed by atoms with Gasteiger partial charge in [0.1, 0.15) is 5.75 Å². The van der Waals surface area contributed by atoms with E-state index in [-0.39, 0.29) is 5.75 Å². The molecule has 1 aromatic heterocycles. The van der Waals surface area contributed by atoms with E-state index in [1.807, 2.05) is 36.1 Å². The lowest BCUT2D eigenvalue weighted by Crippen LogP contribution is -2.17. The molecular weight excluding hydrogens is 374 g/mol. The van der Waals surface area contributed by atoms with Gasteiger partial charge in [-0.2, -0.15) is 5.10 Å². The molecule has 0 aliphatic heterocycles. The number of phenols is 1. The van der Waals surface area contributed by atoms with Crippen LogP contribution in [0.25, 0.3) is 0 Å². The molecule has 102 valence electrons. The Kier molecular flexibility index (Phi) is 5.01. The summed E-state index contributed by atoms with van der Waals surface area (Å²) in [6.45, 7) is 1.62. The van der Waals surface area contributed by atoms with Gasteiger partial charge in [0.15, 0.2) is 0 Å². The van der Waals surface area contributed by atoms with Crippen molar-refractivity contribution in [2.24, 2.45) is 7.05 Å². The summed E-state index contributed by atoms with van der Waals surface area (Å²) in [5.74, 6) is 0.234. The second-order valence-electron chi connectivity index (χ2n) is 4.32. The van der Waals surface area contributed by atoms with Crippen LogP contribution in [0.1, 0.15) is 11.3 Å². The second kappa shape index (κ2) is 6.54. The smallest absolute Gasteiger partial charge is 0.143 e. The van der Waals surface area contributed by atoms with Crippen molar-refractivity contribution in [1.29, 1.82) is 0 Å². The van der Waals surface area contributed by atoms with Gasteiger partial charge in [0.25, 0.3) is 0 Å². The molecular formula is C13H15Br2N3O. The molecule has 2 aromatic rings. The van der Waals surface area contributed by atoms with E-state index in [4.69, 9.17) is 0 Å². The summed E-state index contributed by atoms with van der Waals surface area (Å²) in [5, 5.41) is 17.3. The Hall–Kier alpha value is -0.850. The van der Waals surface area contributed by atoms with Crippen LogP contribution in [0.4, 0.5) is 0 Å². The van der Waals surface area contributed by atoms with Crippen LogP contribution in [0, 0.1) is 0 Å². The minimum absolute atomic E-state index is 0.234. The SMILES string of the molecule is Cn1ccc(CCNCc2cc(Br)c(O)c(Br)c2)n1. The van der Waals surface area contributed by atoms with Gasteiger partial charge in [-0.15, -0.1) is 0 Å². The van der Waals surface area contributed by atoms with Crippen LogP contribution >= 0.6 is 31.9 Å². The van der Waals surface area contributed by atoms with Crippen LogP contribution < -0.4 is 5.32 Å². The van der Waals surface area contributed by atoms with Crippen LogP contribution in [0.3, 0.4) is 0 Å². The number of nitrogens with zero attached hydrogens (tertiary/aromatic N) is 2. The lowest BCUT2D eigenvalue weighted by Gasteiger charge is -2.07. The number of phenolic OH excluding ortho intramolecular Hbond substituents is 1. The molecule has 0 aliphatic rings. The summed E-state index contributed by atoms with van der Waals surface area (Å²) < 4.78 is 3.20. The first-order valence-electron chi connectivity index (χ1n) is 5.92. The maximum Gasteiger partial charge on any atom is 0.143 e. The lowest BCUT2D eigenvalue weighted by molar-refractivity contribution is 0.468. The van der Waals surface area contributed by atoms with Gasteiger partial charge in [-0.25, -0.2) is 0 Å². The zero-order valence-electron chi connectivity index (χ0n) is 10.5. The molecule has 1 aromatic carbocycles. The Labute approximate surface area is 129 Å². The van der Waals surface area contributed by atoms with Gasteiger partial charge < -0.3 is 10.4 Å². The Morgan fingerprint density at radius 3 is 2.58 bits per heavy atom. The molecule has 0 saturated heterocycles. The van der Waals surface area contributed by atoms with Gasteiger partial charge in [-0.3, -0.25) is 4.68 Å². The summed E-state index contributed by atoms with van der Waals surface area (Å²) >= 11 is 6.65. The second-order valence-corrected chi connectivity index (χ2v) is 6.02. The van der Waals surface area contributed by atoms with Crippen molar-refractivity contribution in [1.82, 2.24) is 15.1 Å². The van der Waals surface area contributed by atoms with Crippen LogP contribution in [0.5, 0.6) is 5.75 Å². The number of hydrogen-bond donors (Lipinski definition) is 2. The first-order valence-corrected chi connectivity index (χ1v) is 7.51. The molecule has 0 amide bonds. The van der Waals surface area contributed by atoms with E-state index < -0.39 is 0 Å². The third kappa shape index (κ3) is 4.06. The largest absolute Gasteiger partial charge is 0.506 e. The van der Waals surface area contributed by atoms with Crippen molar-refractivity contribution in [2.75, 3.05) is 6.54 Å². The van der Waals surface area contributed by atoms with Crippen molar-refractivity contribution < 1.29 is 5.11 Å². The van der Waals surface area contributed by atoms with E-state index >= 15 is 0 Å². The molecule has 0 unspecified atom stereocenters. The maximum atomic E-state index is 9.63. The van der Waals surface area contributed by atoms with Crippen molar-refractivity contribution in [3.05, 3.63) is 44.6 Å². The van der Waals surface area contributed by atoms with Gasteiger partial charge in [-0.05, 0) is 55.6 Å². The molecule has 1 heterocycles. The molecule has 4 nitrogen and oxygen atoms in total. The summed E-state index contributed by atoms with van der Waals surface area (Å²) in [4.78, 5) is 0. The third-order valence-electron chi connectivity index (χ3n) is 2.73. The predicted octanol–water partition coefficient (Wildman–Crippen LogP) is 2.98. The van der Waals surface area contributed by atoms with E-state index in [0.29, 0.717) is 8.95 Å². The standard InChI is InChI=1S/C13H15Br2N3O/c1-18-5-3-10(17-18)2-4-16-8-9-6-11(14)13(19)12(15)7-9/h3,5-7,16,19H,2,4,8H2,1H3. The molecule has 19 heavy (non-hydrogen) atoms. The molecule has 0 atom stereocenters. The number of aromatic nitrogens is 2. The Morgan fingerprint density at radius 1 is 1.32 bits per heavy atom. The van der Waals surface area contributed by atoms with E-state index in [0.717, 1.165) is 30.8 Å². The molecule has 0 fully saturated rings. The molecule has 0 bridgehead atoms. The third-order valence-corrected chi connectivity index (χ3v) is 3.94. The van der Waals surface area contributed by atoms with Crippen LogP contribution in [0.15, 0.2) is 33.3 Å². The van der Waals surface area contributed by atoms with E-state index in [1.54, 1.807) is 0 Å². The molecule has 0 saturated carbocycles. The summed E-state index contributed by atoms with van der Waals surface area (Å²) in [7, 11) is 1.92. The number of nitrogens with one attached hydrogen (secondary N) is 1. The van der Waals surface area contributed by atoms with Crippen LogP contribution in [-0.2, 0) is 20.0 Å². The zero-order valence-corrected chi connectivity index (χ0v) is 13.7. The van der Waals surface area contributed by atoms with E-state index in [2.05, 4.69) is 42.3 Å². The highest BCUT2D eigenvalue weighted by Gasteiger charge is 2.05. The van der Waals surface area contributed by atoms with E-state index in [9.17, 15) is 5.11 Å². The summed E-state index contributed by atoms with van der Waals surface area (Å²) in [6.07, 6.45) is 2.85. The highest BCUT2D eigenvalue weighted by Crippen LogP contribution is 2.33. The number of rotatable bonds is 5. The average molecular weight is 389 g/mol. The average Bonchev–Trinajstić information content (AvgIpc) is 2.77. The molecule has 0 spiro atoms. The number of halogens is 2. The topological polar surface area (TPSA) is 50.1 Å².